The summed E-state index contributed by atoms with van der Waals surface area (Å²) in [5, 5.41) is 8.68. The van der Waals surface area contributed by atoms with Crippen LogP contribution in [0.25, 0.3) is 0 Å². The van der Waals surface area contributed by atoms with E-state index in [1.54, 1.807) is 4.90 Å². The number of carbonyl (C=O) groups is 1. The van der Waals surface area contributed by atoms with Crippen molar-refractivity contribution in [2.45, 2.75) is 12.8 Å². The number of amides is 1. The first kappa shape index (κ1) is 9.81. The fourth-order valence-corrected chi connectivity index (χ4v) is 1.73. The molecule has 0 aromatic heterocycles. The highest BCUT2D eigenvalue weighted by molar-refractivity contribution is 6.27. The normalized spacial score (nSPS) is 23.2. The van der Waals surface area contributed by atoms with Crippen molar-refractivity contribution in [1.82, 2.24) is 4.90 Å². The quantitative estimate of drug-likeness (QED) is 0.659. The summed E-state index contributed by atoms with van der Waals surface area (Å²) in [5.41, 5.74) is 0. The number of likely N-dealkylation sites (tertiary alicyclic amines) is 1. The molecule has 1 N–H and O–H groups in total. The molecule has 1 heterocycles. The summed E-state index contributed by atoms with van der Waals surface area (Å²) in [6, 6.07) is 0. The van der Waals surface area contributed by atoms with Crippen LogP contribution >= 0.6 is 11.6 Å². The topological polar surface area (TPSA) is 40.5 Å². The zero-order valence-electron chi connectivity index (χ0n) is 7.00. The van der Waals surface area contributed by atoms with Crippen molar-refractivity contribution in [1.29, 1.82) is 0 Å². The first-order valence-corrected chi connectivity index (χ1v) is 4.76. The molecule has 3 nitrogen and oxygen atoms in total. The SMILES string of the molecule is O=C(CCl)N1CCC(CCO)C1. The number of nitrogens with zero attached hydrogens (tertiary/aromatic N) is 1. The lowest BCUT2D eigenvalue weighted by Crippen LogP contribution is -2.29. The van der Waals surface area contributed by atoms with Gasteiger partial charge in [-0.25, -0.2) is 0 Å². The van der Waals surface area contributed by atoms with Gasteiger partial charge in [-0.1, -0.05) is 0 Å². The van der Waals surface area contributed by atoms with E-state index in [2.05, 4.69) is 0 Å². The predicted octanol–water partition coefficient (Wildman–Crippen LogP) is 0.456. The zero-order chi connectivity index (χ0) is 8.97. The molecule has 1 unspecified atom stereocenters. The molecule has 4 heteroatoms. The minimum atomic E-state index is 0.0112. The molecule has 0 aliphatic carbocycles. The number of rotatable bonds is 3. The second-order valence-electron chi connectivity index (χ2n) is 3.14. The number of alkyl halides is 1. The van der Waals surface area contributed by atoms with Crippen LogP contribution in [0.4, 0.5) is 0 Å². The third-order valence-electron chi connectivity index (χ3n) is 2.29. The number of carbonyl (C=O) groups excluding carboxylic acids is 1. The summed E-state index contributed by atoms with van der Waals surface area (Å²) in [4.78, 5) is 12.9. The van der Waals surface area contributed by atoms with Crippen molar-refractivity contribution in [3.63, 3.8) is 0 Å². The third kappa shape index (κ3) is 2.35. The van der Waals surface area contributed by atoms with Gasteiger partial charge in [-0.15, -0.1) is 11.6 Å². The number of halogens is 1. The van der Waals surface area contributed by atoms with E-state index in [0.717, 1.165) is 25.9 Å². The summed E-state index contributed by atoms with van der Waals surface area (Å²) < 4.78 is 0. The molecule has 1 amide bonds. The van der Waals surface area contributed by atoms with Crippen molar-refractivity contribution in [2.24, 2.45) is 5.92 Å². The predicted molar refractivity (Wildman–Crippen MR) is 47.1 cm³/mol. The summed E-state index contributed by atoms with van der Waals surface area (Å²) in [5.74, 6) is 0.561. The highest BCUT2D eigenvalue weighted by atomic mass is 35.5. The standard InChI is InChI=1S/C8H14ClNO2/c9-5-8(12)10-3-1-7(6-10)2-4-11/h7,11H,1-6H2. The molecule has 0 bridgehead atoms. The summed E-state index contributed by atoms with van der Waals surface area (Å²) >= 11 is 5.42. The molecule has 0 aromatic rings. The molecule has 0 aromatic carbocycles. The fraction of sp³-hybridized carbons (Fsp3) is 0.875. The smallest absolute Gasteiger partial charge is 0.237 e. The van der Waals surface area contributed by atoms with E-state index in [4.69, 9.17) is 16.7 Å². The van der Waals surface area contributed by atoms with Gasteiger partial charge in [-0.05, 0) is 18.8 Å². The molecule has 0 radical (unpaired) electrons. The van der Waals surface area contributed by atoms with Gasteiger partial charge in [0.15, 0.2) is 0 Å². The minimum Gasteiger partial charge on any atom is -0.396 e. The van der Waals surface area contributed by atoms with Gasteiger partial charge >= 0.3 is 0 Å². The maximum Gasteiger partial charge on any atom is 0.237 e. The molecule has 1 aliphatic rings. The van der Waals surface area contributed by atoms with Crippen molar-refractivity contribution in [2.75, 3.05) is 25.6 Å². The van der Waals surface area contributed by atoms with Gasteiger partial charge in [0.2, 0.25) is 5.91 Å². The number of hydrogen-bond donors (Lipinski definition) is 1. The van der Waals surface area contributed by atoms with Crippen molar-refractivity contribution < 1.29 is 9.90 Å². The molecule has 1 rings (SSSR count). The largest absolute Gasteiger partial charge is 0.396 e. The monoisotopic (exact) mass is 191 g/mol. The van der Waals surface area contributed by atoms with E-state index >= 15 is 0 Å². The average molecular weight is 192 g/mol. The molecule has 12 heavy (non-hydrogen) atoms. The van der Waals surface area contributed by atoms with Gasteiger partial charge in [-0.2, -0.15) is 0 Å². The number of hydrogen-bond acceptors (Lipinski definition) is 2. The Balaban J connectivity index is 2.30. The van der Waals surface area contributed by atoms with E-state index in [9.17, 15) is 4.79 Å². The second-order valence-corrected chi connectivity index (χ2v) is 3.41. The zero-order valence-corrected chi connectivity index (χ0v) is 7.76. The van der Waals surface area contributed by atoms with Gasteiger partial charge in [0.1, 0.15) is 5.88 Å². The lowest BCUT2D eigenvalue weighted by Gasteiger charge is -2.14. The van der Waals surface area contributed by atoms with Gasteiger partial charge in [0, 0.05) is 19.7 Å². The molecular formula is C8H14ClNO2. The Morgan fingerprint density at radius 1 is 1.67 bits per heavy atom. The van der Waals surface area contributed by atoms with E-state index < -0.39 is 0 Å². The lowest BCUT2D eigenvalue weighted by molar-refractivity contribution is -0.127. The van der Waals surface area contributed by atoms with E-state index in [-0.39, 0.29) is 18.4 Å². The van der Waals surface area contributed by atoms with E-state index in [1.807, 2.05) is 0 Å². The molecule has 1 atom stereocenters. The van der Waals surface area contributed by atoms with Crippen LogP contribution in [0.2, 0.25) is 0 Å². The first-order valence-electron chi connectivity index (χ1n) is 4.22. The van der Waals surface area contributed by atoms with Gasteiger partial charge in [0.05, 0.1) is 0 Å². The van der Waals surface area contributed by atoms with Crippen LogP contribution in [-0.4, -0.2) is 41.5 Å². The Morgan fingerprint density at radius 3 is 3.00 bits per heavy atom. The Bertz CT molecular complexity index is 163. The van der Waals surface area contributed by atoms with Crippen LogP contribution in [0.15, 0.2) is 0 Å². The van der Waals surface area contributed by atoms with Crippen LogP contribution in [0.3, 0.4) is 0 Å². The van der Waals surface area contributed by atoms with Crippen LogP contribution in [0.1, 0.15) is 12.8 Å². The molecule has 1 aliphatic heterocycles. The molecule has 70 valence electrons. The van der Waals surface area contributed by atoms with Crippen molar-refractivity contribution in [3.05, 3.63) is 0 Å². The minimum absolute atomic E-state index is 0.0112. The van der Waals surface area contributed by atoms with Crippen molar-refractivity contribution in [3.8, 4) is 0 Å². The van der Waals surface area contributed by atoms with Gasteiger partial charge in [-0.3, -0.25) is 4.79 Å². The number of aliphatic hydroxyl groups excluding tert-OH is 1. The Labute approximate surface area is 77.3 Å². The van der Waals surface area contributed by atoms with Crippen LogP contribution in [-0.2, 0) is 4.79 Å². The molecule has 0 spiro atoms. The Hall–Kier alpha value is -0.280. The highest BCUT2D eigenvalue weighted by Gasteiger charge is 2.24. The first-order chi connectivity index (χ1) is 5.77. The van der Waals surface area contributed by atoms with Crippen LogP contribution in [0, 0.1) is 5.92 Å². The fourth-order valence-electron chi connectivity index (χ4n) is 1.56. The lowest BCUT2D eigenvalue weighted by atomic mass is 10.1. The van der Waals surface area contributed by atoms with Gasteiger partial charge in [0.25, 0.3) is 0 Å². The van der Waals surface area contributed by atoms with E-state index in [0.29, 0.717) is 5.92 Å². The second kappa shape index (κ2) is 4.67. The summed E-state index contributed by atoms with van der Waals surface area (Å²) in [7, 11) is 0. The Kier molecular flexibility index (Phi) is 3.82. The van der Waals surface area contributed by atoms with Crippen molar-refractivity contribution >= 4 is 17.5 Å². The Morgan fingerprint density at radius 2 is 2.42 bits per heavy atom. The maximum atomic E-state index is 11.1. The van der Waals surface area contributed by atoms with Crippen LogP contribution in [0.5, 0.6) is 0 Å². The highest BCUT2D eigenvalue weighted by Crippen LogP contribution is 2.19. The van der Waals surface area contributed by atoms with Gasteiger partial charge < -0.3 is 10.0 Å². The maximum absolute atomic E-state index is 11.1. The van der Waals surface area contributed by atoms with Crippen LogP contribution < -0.4 is 0 Å². The average Bonchev–Trinajstić information content (AvgIpc) is 2.52. The molecular weight excluding hydrogens is 178 g/mol. The molecule has 1 saturated heterocycles. The summed E-state index contributed by atoms with van der Waals surface area (Å²) in [6.07, 6.45) is 1.80. The molecule has 1 fully saturated rings. The third-order valence-corrected chi connectivity index (χ3v) is 2.52. The number of aliphatic hydroxyl groups is 1. The summed E-state index contributed by atoms with van der Waals surface area (Å²) in [6.45, 7) is 1.79. The molecule has 0 saturated carbocycles. The van der Waals surface area contributed by atoms with E-state index in [1.165, 1.54) is 0 Å².